The van der Waals surface area contributed by atoms with E-state index >= 15 is 0 Å². The zero-order valence-corrected chi connectivity index (χ0v) is 9.21. The molecule has 0 aliphatic carbocycles. The maximum Gasteiger partial charge on any atom is 0.272 e. The number of rotatable bonds is 4. The molecular weight excluding hydrogens is 225 g/mol. The number of benzene rings is 2. The molecule has 0 atom stereocenters. The number of anilines is 2. The molecule has 4 heteroatoms. The van der Waals surface area contributed by atoms with Crippen LogP contribution >= 0.6 is 12.4 Å². The molecule has 2 nitrogen and oxygen atoms in total. The molecule has 16 heavy (non-hydrogen) atoms. The quantitative estimate of drug-likeness (QED) is 0.796. The second-order valence-corrected chi connectivity index (χ2v) is 3.46. The van der Waals surface area contributed by atoms with Crippen LogP contribution in [0.1, 0.15) is 0 Å². The van der Waals surface area contributed by atoms with Crippen LogP contribution in [0.25, 0.3) is 0 Å². The summed E-state index contributed by atoms with van der Waals surface area (Å²) >= 11 is -0.158. The lowest BCUT2D eigenvalue weighted by Gasteiger charge is -2.07. The molecule has 0 spiro atoms. The summed E-state index contributed by atoms with van der Waals surface area (Å²) < 4.78 is 16.6. The Hall–Kier alpha value is -1.68. The van der Waals surface area contributed by atoms with Gasteiger partial charge in [0.1, 0.15) is 5.75 Å². The Morgan fingerprint density at radius 2 is 1.69 bits per heavy atom. The van der Waals surface area contributed by atoms with E-state index in [9.17, 15) is 3.89 Å². The minimum absolute atomic E-state index is 0.158. The molecule has 0 unspecified atom stereocenters. The largest absolute Gasteiger partial charge is 0.397 e. The lowest BCUT2D eigenvalue weighted by Crippen LogP contribution is -1.89. The van der Waals surface area contributed by atoms with E-state index in [-0.39, 0.29) is 12.4 Å². The van der Waals surface area contributed by atoms with Crippen LogP contribution < -0.4 is 9.50 Å². The van der Waals surface area contributed by atoms with Crippen molar-refractivity contribution >= 4 is 23.8 Å². The summed E-state index contributed by atoms with van der Waals surface area (Å²) in [6.45, 7) is 0. The third-order valence-corrected chi connectivity index (χ3v) is 2.28. The van der Waals surface area contributed by atoms with Gasteiger partial charge in [-0.2, -0.15) is 0 Å². The Bertz CT molecular complexity index is 450. The second kappa shape index (κ2) is 5.42. The first-order chi connectivity index (χ1) is 7.88. The highest BCUT2D eigenvalue weighted by Gasteiger charge is 1.97. The minimum atomic E-state index is -0.158. The van der Waals surface area contributed by atoms with Crippen LogP contribution in [0.15, 0.2) is 54.6 Å². The Morgan fingerprint density at radius 1 is 0.938 bits per heavy atom. The molecule has 0 aromatic heterocycles. The predicted octanol–water partition coefficient (Wildman–Crippen LogP) is 4.34. The summed E-state index contributed by atoms with van der Waals surface area (Å²) in [7, 11) is 0. The SMILES string of the molecule is FSOc1cccc(Nc2ccccc2)c1. The first-order valence-electron chi connectivity index (χ1n) is 4.76. The van der Waals surface area contributed by atoms with Gasteiger partial charge in [0, 0.05) is 17.4 Å². The Labute approximate surface area is 97.9 Å². The van der Waals surface area contributed by atoms with Gasteiger partial charge in [0.15, 0.2) is 0 Å². The predicted molar refractivity (Wildman–Crippen MR) is 65.5 cm³/mol. The molecule has 0 heterocycles. The van der Waals surface area contributed by atoms with Gasteiger partial charge in [-0.3, -0.25) is 0 Å². The van der Waals surface area contributed by atoms with Crippen molar-refractivity contribution in [3.05, 3.63) is 54.6 Å². The van der Waals surface area contributed by atoms with E-state index in [0.717, 1.165) is 11.4 Å². The summed E-state index contributed by atoms with van der Waals surface area (Å²) in [4.78, 5) is 0. The van der Waals surface area contributed by atoms with Crippen molar-refractivity contribution in [3.8, 4) is 5.75 Å². The van der Waals surface area contributed by atoms with Gasteiger partial charge >= 0.3 is 0 Å². The maximum absolute atomic E-state index is 11.9. The fourth-order valence-corrected chi connectivity index (χ4v) is 1.53. The van der Waals surface area contributed by atoms with Crippen LogP contribution in [0.5, 0.6) is 5.75 Å². The third kappa shape index (κ3) is 2.90. The molecule has 82 valence electrons. The van der Waals surface area contributed by atoms with Crippen molar-refractivity contribution < 1.29 is 8.07 Å². The molecule has 2 aromatic rings. The summed E-state index contributed by atoms with van der Waals surface area (Å²) in [6.07, 6.45) is 0. The van der Waals surface area contributed by atoms with Crippen molar-refractivity contribution in [2.45, 2.75) is 0 Å². The smallest absolute Gasteiger partial charge is 0.272 e. The standard InChI is InChI=1S/C12H10FNOS/c13-16-15-12-8-4-7-11(9-12)14-10-5-2-1-3-6-10/h1-9,14H. The molecule has 0 bridgehead atoms. The molecule has 0 aliphatic rings. The highest BCUT2D eigenvalue weighted by molar-refractivity contribution is 7.89. The fraction of sp³-hybridized carbons (Fsp3) is 0. The summed E-state index contributed by atoms with van der Waals surface area (Å²) in [5.41, 5.74) is 1.84. The van der Waals surface area contributed by atoms with Crippen molar-refractivity contribution in [2.24, 2.45) is 0 Å². The van der Waals surface area contributed by atoms with Gasteiger partial charge in [-0.05, 0) is 24.3 Å². The van der Waals surface area contributed by atoms with Gasteiger partial charge in [0.2, 0.25) is 0 Å². The Morgan fingerprint density at radius 3 is 2.44 bits per heavy atom. The average Bonchev–Trinajstić information content (AvgIpc) is 2.31. The van der Waals surface area contributed by atoms with E-state index in [4.69, 9.17) is 4.18 Å². The molecular formula is C12H10FNOS. The molecule has 0 aliphatic heterocycles. The summed E-state index contributed by atoms with van der Waals surface area (Å²) in [5.74, 6) is 0.480. The van der Waals surface area contributed by atoms with Gasteiger partial charge in [-0.1, -0.05) is 24.3 Å². The summed E-state index contributed by atoms with van der Waals surface area (Å²) in [6, 6.07) is 16.9. The van der Waals surface area contributed by atoms with Crippen molar-refractivity contribution in [2.75, 3.05) is 5.32 Å². The van der Waals surface area contributed by atoms with Crippen LogP contribution in [-0.4, -0.2) is 0 Å². The van der Waals surface area contributed by atoms with Crippen LogP contribution in [-0.2, 0) is 0 Å². The summed E-state index contributed by atoms with van der Waals surface area (Å²) in [5, 5.41) is 3.19. The van der Waals surface area contributed by atoms with Gasteiger partial charge < -0.3 is 9.50 Å². The lowest BCUT2D eigenvalue weighted by molar-refractivity contribution is 0.611. The van der Waals surface area contributed by atoms with Crippen molar-refractivity contribution in [1.82, 2.24) is 0 Å². The average molecular weight is 235 g/mol. The molecule has 0 radical (unpaired) electrons. The topological polar surface area (TPSA) is 21.3 Å². The number of nitrogens with one attached hydrogen (secondary N) is 1. The Kier molecular flexibility index (Phi) is 3.66. The van der Waals surface area contributed by atoms with Gasteiger partial charge in [0.05, 0.1) is 0 Å². The zero-order chi connectivity index (χ0) is 11.2. The van der Waals surface area contributed by atoms with E-state index < -0.39 is 0 Å². The molecule has 0 amide bonds. The van der Waals surface area contributed by atoms with Crippen LogP contribution in [0, 0.1) is 0 Å². The van der Waals surface area contributed by atoms with Crippen molar-refractivity contribution in [1.29, 1.82) is 0 Å². The van der Waals surface area contributed by atoms with Gasteiger partial charge in [0.25, 0.3) is 12.4 Å². The number of para-hydroxylation sites is 1. The minimum Gasteiger partial charge on any atom is -0.397 e. The zero-order valence-electron chi connectivity index (χ0n) is 8.39. The first-order valence-corrected chi connectivity index (χ1v) is 5.40. The lowest BCUT2D eigenvalue weighted by atomic mass is 10.2. The van der Waals surface area contributed by atoms with Gasteiger partial charge in [-0.15, -0.1) is 3.89 Å². The first kappa shape index (κ1) is 10.8. The molecule has 1 N–H and O–H groups in total. The molecule has 2 rings (SSSR count). The Balaban J connectivity index is 2.12. The molecule has 0 saturated heterocycles. The van der Waals surface area contributed by atoms with E-state index in [0.29, 0.717) is 5.75 Å². The van der Waals surface area contributed by atoms with E-state index in [1.54, 1.807) is 18.2 Å². The molecule has 0 fully saturated rings. The van der Waals surface area contributed by atoms with E-state index in [1.165, 1.54) is 0 Å². The van der Waals surface area contributed by atoms with Crippen LogP contribution in [0.2, 0.25) is 0 Å². The highest BCUT2D eigenvalue weighted by atomic mass is 32.2. The third-order valence-electron chi connectivity index (χ3n) is 2.02. The molecule has 0 saturated carbocycles. The van der Waals surface area contributed by atoms with Crippen molar-refractivity contribution in [3.63, 3.8) is 0 Å². The number of halogens is 1. The second-order valence-electron chi connectivity index (χ2n) is 3.17. The van der Waals surface area contributed by atoms with E-state index in [2.05, 4.69) is 5.32 Å². The number of hydrogen-bond donors (Lipinski definition) is 1. The van der Waals surface area contributed by atoms with Crippen LogP contribution in [0.4, 0.5) is 15.3 Å². The maximum atomic E-state index is 11.9. The normalized spacial score (nSPS) is 9.81. The monoisotopic (exact) mass is 235 g/mol. The molecule has 2 aromatic carbocycles. The van der Waals surface area contributed by atoms with Gasteiger partial charge in [-0.25, -0.2) is 0 Å². The highest BCUT2D eigenvalue weighted by Crippen LogP contribution is 2.23. The number of hydrogen-bond acceptors (Lipinski definition) is 3. The van der Waals surface area contributed by atoms with E-state index in [1.807, 2.05) is 36.4 Å². The fourth-order valence-electron chi connectivity index (χ4n) is 1.35. The van der Waals surface area contributed by atoms with Crippen LogP contribution in [0.3, 0.4) is 0 Å².